The van der Waals surface area contributed by atoms with E-state index < -0.39 is 23.2 Å². The summed E-state index contributed by atoms with van der Waals surface area (Å²) in [6, 6.07) is 0. The Balaban J connectivity index is 2.59. The summed E-state index contributed by atoms with van der Waals surface area (Å²) < 4.78 is 38.7. The molecule has 0 aliphatic heterocycles. The molecule has 0 aromatic carbocycles. The molecule has 2 aromatic heterocycles. The van der Waals surface area contributed by atoms with Crippen LogP contribution >= 0.6 is 22.7 Å². The van der Waals surface area contributed by atoms with Crippen molar-refractivity contribution >= 4 is 22.7 Å². The summed E-state index contributed by atoms with van der Waals surface area (Å²) in [6.07, 6.45) is -4.85. The molecule has 0 bridgehead atoms. The number of hydrogen-bond acceptors (Lipinski definition) is 5. The van der Waals surface area contributed by atoms with Gasteiger partial charge in [0.15, 0.2) is 0 Å². The van der Waals surface area contributed by atoms with Crippen molar-refractivity contribution in [1.29, 1.82) is 0 Å². The van der Waals surface area contributed by atoms with Crippen LogP contribution in [-0.4, -0.2) is 21.3 Å². The molecule has 16 heavy (non-hydrogen) atoms. The van der Waals surface area contributed by atoms with Crippen molar-refractivity contribution in [3.63, 3.8) is 0 Å². The van der Waals surface area contributed by atoms with Gasteiger partial charge in [0, 0.05) is 10.8 Å². The van der Waals surface area contributed by atoms with E-state index in [-0.39, 0.29) is 0 Å². The molecule has 8 heteroatoms. The van der Waals surface area contributed by atoms with Crippen LogP contribution in [0.25, 0.3) is 0 Å². The average molecular weight is 266 g/mol. The zero-order valence-electron chi connectivity index (χ0n) is 7.60. The molecule has 0 amide bonds. The van der Waals surface area contributed by atoms with Crippen molar-refractivity contribution in [3.05, 3.63) is 33.2 Å². The number of aromatic nitrogens is 2. The molecule has 2 heterocycles. The monoisotopic (exact) mass is 266 g/mol. The van der Waals surface area contributed by atoms with Gasteiger partial charge in [0.25, 0.3) is 0 Å². The summed E-state index contributed by atoms with van der Waals surface area (Å²) in [5, 5.41) is 12.2. The average Bonchev–Trinajstić information content (AvgIpc) is 2.88. The van der Waals surface area contributed by atoms with Gasteiger partial charge in [-0.05, 0) is 0 Å². The Labute approximate surface area is 96.2 Å². The summed E-state index contributed by atoms with van der Waals surface area (Å²) in [5.41, 5.74) is -1.55. The van der Waals surface area contributed by atoms with Crippen LogP contribution in [0.4, 0.5) is 13.2 Å². The molecule has 0 spiro atoms. The second-order valence-corrected chi connectivity index (χ2v) is 4.39. The van der Waals surface area contributed by atoms with Gasteiger partial charge in [-0.1, -0.05) is 0 Å². The van der Waals surface area contributed by atoms with Crippen molar-refractivity contribution in [2.45, 2.75) is 11.8 Å². The fourth-order valence-electron chi connectivity index (χ4n) is 1.20. The maximum Gasteiger partial charge on any atom is 0.428 e. The highest BCUT2D eigenvalue weighted by molar-refractivity contribution is 7.07. The van der Waals surface area contributed by atoms with E-state index in [1.807, 2.05) is 0 Å². The molecular weight excluding hydrogens is 261 g/mol. The van der Waals surface area contributed by atoms with Gasteiger partial charge >= 0.3 is 6.18 Å². The summed E-state index contributed by atoms with van der Waals surface area (Å²) in [5.74, 6) is 0. The third-order valence-electron chi connectivity index (χ3n) is 2.02. The third kappa shape index (κ3) is 1.62. The highest BCUT2D eigenvalue weighted by atomic mass is 32.1. The highest BCUT2D eigenvalue weighted by Crippen LogP contribution is 2.43. The highest BCUT2D eigenvalue weighted by Gasteiger charge is 2.59. The van der Waals surface area contributed by atoms with Crippen molar-refractivity contribution in [3.8, 4) is 0 Å². The SMILES string of the molecule is OC(c1cscn1)(c1cscn1)C(F)(F)F. The smallest absolute Gasteiger partial charge is 0.370 e. The van der Waals surface area contributed by atoms with Crippen LogP contribution in [0.1, 0.15) is 11.4 Å². The van der Waals surface area contributed by atoms with E-state index >= 15 is 0 Å². The van der Waals surface area contributed by atoms with E-state index in [2.05, 4.69) is 9.97 Å². The molecule has 0 aliphatic rings. The fourth-order valence-corrected chi connectivity index (χ4v) is 2.40. The van der Waals surface area contributed by atoms with E-state index in [0.717, 1.165) is 33.4 Å². The van der Waals surface area contributed by atoms with Crippen LogP contribution in [0.5, 0.6) is 0 Å². The minimum atomic E-state index is -4.85. The molecule has 0 saturated heterocycles. The maximum atomic E-state index is 12.9. The zero-order chi connectivity index (χ0) is 11.8. The van der Waals surface area contributed by atoms with Gasteiger partial charge in [-0.3, -0.25) is 0 Å². The normalized spacial score (nSPS) is 13.0. The number of thiazole rings is 2. The Hall–Kier alpha value is -0.990. The first-order valence-electron chi connectivity index (χ1n) is 4.02. The molecule has 1 N–H and O–H groups in total. The van der Waals surface area contributed by atoms with Crippen molar-refractivity contribution in [1.82, 2.24) is 9.97 Å². The zero-order valence-corrected chi connectivity index (χ0v) is 9.23. The van der Waals surface area contributed by atoms with Crippen LogP contribution in [-0.2, 0) is 5.60 Å². The topological polar surface area (TPSA) is 46.0 Å². The predicted octanol–water partition coefficient (Wildman–Crippen LogP) is 2.40. The number of alkyl halides is 3. The van der Waals surface area contributed by atoms with Crippen molar-refractivity contribution in [2.24, 2.45) is 0 Å². The van der Waals surface area contributed by atoms with E-state index in [1.54, 1.807) is 0 Å². The first-order valence-corrected chi connectivity index (χ1v) is 5.91. The Morgan fingerprint density at radius 2 is 1.44 bits per heavy atom. The molecule has 3 nitrogen and oxygen atoms in total. The van der Waals surface area contributed by atoms with Gasteiger partial charge in [0.05, 0.1) is 22.4 Å². The van der Waals surface area contributed by atoms with Crippen molar-refractivity contribution in [2.75, 3.05) is 0 Å². The van der Waals surface area contributed by atoms with Crippen LogP contribution in [0, 0.1) is 0 Å². The molecular formula is C8H5F3N2OS2. The summed E-state index contributed by atoms with van der Waals surface area (Å²) in [4.78, 5) is 7.05. The van der Waals surface area contributed by atoms with Gasteiger partial charge < -0.3 is 5.11 Å². The minimum absolute atomic E-state index is 0.448. The lowest BCUT2D eigenvalue weighted by Gasteiger charge is -2.26. The second kappa shape index (κ2) is 3.79. The van der Waals surface area contributed by atoms with E-state index in [4.69, 9.17) is 0 Å². The second-order valence-electron chi connectivity index (χ2n) is 2.96. The number of hydrogen-bond donors (Lipinski definition) is 1. The predicted molar refractivity (Wildman–Crippen MR) is 53.3 cm³/mol. The third-order valence-corrected chi connectivity index (χ3v) is 3.19. The minimum Gasteiger partial charge on any atom is -0.370 e. The maximum absolute atomic E-state index is 12.9. The standard InChI is InChI=1S/C8H5F3N2OS2/c9-8(10,11)7(14,5-1-15-3-12-5)6-2-16-4-13-6/h1-4,14H. The Bertz CT molecular complexity index is 418. The van der Waals surface area contributed by atoms with Crippen molar-refractivity contribution < 1.29 is 18.3 Å². The van der Waals surface area contributed by atoms with Gasteiger partial charge in [0.2, 0.25) is 5.60 Å². The van der Waals surface area contributed by atoms with Crippen LogP contribution < -0.4 is 0 Å². The lowest BCUT2D eigenvalue weighted by Crippen LogP contribution is -2.43. The van der Waals surface area contributed by atoms with Gasteiger partial charge in [0.1, 0.15) is 0 Å². The molecule has 0 aliphatic carbocycles. The molecule has 2 aromatic rings. The lowest BCUT2D eigenvalue weighted by molar-refractivity contribution is -0.250. The van der Waals surface area contributed by atoms with E-state index in [0.29, 0.717) is 0 Å². The first-order chi connectivity index (χ1) is 7.46. The van der Waals surface area contributed by atoms with E-state index in [1.165, 1.54) is 11.0 Å². The molecule has 0 fully saturated rings. The first kappa shape index (κ1) is 11.5. The summed E-state index contributed by atoms with van der Waals surface area (Å²) in [6.45, 7) is 0. The molecule has 0 atom stereocenters. The van der Waals surface area contributed by atoms with Gasteiger partial charge in [-0.2, -0.15) is 13.2 Å². The molecule has 2 rings (SSSR count). The largest absolute Gasteiger partial charge is 0.428 e. The van der Waals surface area contributed by atoms with Crippen LogP contribution in [0.2, 0.25) is 0 Å². The Morgan fingerprint density at radius 1 is 1.00 bits per heavy atom. The molecule has 0 saturated carbocycles. The van der Waals surface area contributed by atoms with Crippen LogP contribution in [0.15, 0.2) is 21.8 Å². The number of aliphatic hydroxyl groups is 1. The number of halogens is 3. The molecule has 0 radical (unpaired) electrons. The Morgan fingerprint density at radius 3 is 1.69 bits per heavy atom. The lowest BCUT2D eigenvalue weighted by atomic mass is 9.96. The van der Waals surface area contributed by atoms with Crippen LogP contribution in [0.3, 0.4) is 0 Å². The molecule has 0 unspecified atom stereocenters. The fraction of sp³-hybridized carbons (Fsp3) is 0.250. The summed E-state index contributed by atoms with van der Waals surface area (Å²) in [7, 11) is 0. The number of nitrogens with zero attached hydrogens (tertiary/aromatic N) is 2. The summed E-state index contributed by atoms with van der Waals surface area (Å²) >= 11 is 1.97. The Kier molecular flexibility index (Phi) is 2.72. The van der Waals surface area contributed by atoms with Gasteiger partial charge in [-0.25, -0.2) is 9.97 Å². The van der Waals surface area contributed by atoms with Gasteiger partial charge in [-0.15, -0.1) is 22.7 Å². The number of rotatable bonds is 2. The quantitative estimate of drug-likeness (QED) is 0.907. The molecule has 86 valence electrons. The van der Waals surface area contributed by atoms with E-state index in [9.17, 15) is 18.3 Å².